The second kappa shape index (κ2) is 7.85. The summed E-state index contributed by atoms with van der Waals surface area (Å²) in [6.07, 6.45) is 0. The van der Waals surface area contributed by atoms with E-state index in [0.29, 0.717) is 27.4 Å². The minimum atomic E-state index is -0.277. The van der Waals surface area contributed by atoms with Gasteiger partial charge in [0.2, 0.25) is 0 Å². The minimum Gasteiger partial charge on any atom is -0.321 e. The molecule has 26 heavy (non-hydrogen) atoms. The summed E-state index contributed by atoms with van der Waals surface area (Å²) in [4.78, 5) is 25.5. The van der Waals surface area contributed by atoms with Crippen LogP contribution in [0.5, 0.6) is 0 Å². The summed E-state index contributed by atoms with van der Waals surface area (Å²) < 4.78 is 0.737. The van der Waals surface area contributed by atoms with Crippen LogP contribution in [0.3, 0.4) is 0 Å². The molecule has 0 unspecified atom stereocenters. The standard InChI is InChI=1S/C21H15BrClNO2/c1-13-6-8-14(9-7-13)21(26)24-19-11-10-15(22)12-17(19)20(25)16-4-2-3-5-18(16)23/h2-12H,1H3,(H,24,26). The Bertz CT molecular complexity index is 984. The first-order chi connectivity index (χ1) is 12.5. The molecule has 5 heteroatoms. The highest BCUT2D eigenvalue weighted by Gasteiger charge is 2.18. The minimum absolute atomic E-state index is 0.254. The third kappa shape index (κ3) is 4.03. The smallest absolute Gasteiger partial charge is 0.255 e. The van der Waals surface area contributed by atoms with E-state index in [9.17, 15) is 9.59 Å². The lowest BCUT2D eigenvalue weighted by Crippen LogP contribution is -2.15. The van der Waals surface area contributed by atoms with Crippen molar-refractivity contribution in [2.24, 2.45) is 0 Å². The van der Waals surface area contributed by atoms with Crippen LogP contribution >= 0.6 is 27.5 Å². The third-order valence-electron chi connectivity index (χ3n) is 3.91. The van der Waals surface area contributed by atoms with Crippen LogP contribution in [0.25, 0.3) is 0 Å². The number of rotatable bonds is 4. The van der Waals surface area contributed by atoms with E-state index in [0.717, 1.165) is 10.0 Å². The lowest BCUT2D eigenvalue weighted by Gasteiger charge is -2.12. The summed E-state index contributed by atoms with van der Waals surface area (Å²) in [5, 5.41) is 3.19. The molecule has 0 saturated carbocycles. The number of carbonyl (C=O) groups is 2. The van der Waals surface area contributed by atoms with Gasteiger partial charge >= 0.3 is 0 Å². The zero-order valence-electron chi connectivity index (χ0n) is 13.9. The third-order valence-corrected chi connectivity index (χ3v) is 4.73. The molecule has 0 fully saturated rings. The molecule has 3 aromatic rings. The molecule has 1 amide bonds. The Morgan fingerprint density at radius 3 is 2.31 bits per heavy atom. The number of aryl methyl sites for hydroxylation is 1. The van der Waals surface area contributed by atoms with Crippen LogP contribution < -0.4 is 5.32 Å². The molecule has 0 atom stereocenters. The van der Waals surface area contributed by atoms with Crippen LogP contribution in [0.4, 0.5) is 5.69 Å². The predicted octanol–water partition coefficient (Wildman–Crippen LogP) is 5.89. The fourth-order valence-electron chi connectivity index (χ4n) is 2.50. The summed E-state index contributed by atoms with van der Waals surface area (Å²) in [7, 11) is 0. The van der Waals surface area contributed by atoms with E-state index in [4.69, 9.17) is 11.6 Å². The second-order valence-electron chi connectivity index (χ2n) is 5.82. The number of halogens is 2. The van der Waals surface area contributed by atoms with E-state index in [1.54, 1.807) is 54.6 Å². The van der Waals surface area contributed by atoms with E-state index in [1.165, 1.54) is 0 Å². The van der Waals surface area contributed by atoms with Crippen LogP contribution in [0.1, 0.15) is 31.8 Å². The van der Waals surface area contributed by atoms with E-state index < -0.39 is 0 Å². The molecular formula is C21H15BrClNO2. The molecule has 3 rings (SSSR count). The topological polar surface area (TPSA) is 46.2 Å². The van der Waals surface area contributed by atoms with Crippen LogP contribution in [-0.2, 0) is 0 Å². The maximum atomic E-state index is 12.9. The summed E-state index contributed by atoms with van der Waals surface area (Å²) in [6.45, 7) is 1.96. The van der Waals surface area contributed by atoms with Gasteiger partial charge in [-0.3, -0.25) is 9.59 Å². The van der Waals surface area contributed by atoms with E-state index in [2.05, 4.69) is 21.2 Å². The molecule has 0 aromatic heterocycles. The van der Waals surface area contributed by atoms with Gasteiger partial charge in [-0.15, -0.1) is 0 Å². The van der Waals surface area contributed by atoms with Gasteiger partial charge in [-0.25, -0.2) is 0 Å². The molecule has 1 N–H and O–H groups in total. The number of hydrogen-bond donors (Lipinski definition) is 1. The van der Waals surface area contributed by atoms with Gasteiger partial charge in [0, 0.05) is 21.2 Å². The van der Waals surface area contributed by atoms with Crippen molar-refractivity contribution in [3.63, 3.8) is 0 Å². The van der Waals surface area contributed by atoms with Crippen molar-refractivity contribution >= 4 is 44.9 Å². The molecule has 0 radical (unpaired) electrons. The Balaban J connectivity index is 1.96. The van der Waals surface area contributed by atoms with Crippen LogP contribution in [-0.4, -0.2) is 11.7 Å². The fourth-order valence-corrected chi connectivity index (χ4v) is 3.09. The molecular weight excluding hydrogens is 414 g/mol. The largest absolute Gasteiger partial charge is 0.321 e. The molecule has 0 aliphatic carbocycles. The number of hydrogen-bond acceptors (Lipinski definition) is 2. The molecule has 0 aliphatic rings. The maximum Gasteiger partial charge on any atom is 0.255 e. The van der Waals surface area contributed by atoms with Crippen LogP contribution in [0.15, 0.2) is 71.2 Å². The Morgan fingerprint density at radius 2 is 1.62 bits per heavy atom. The average Bonchev–Trinajstić information content (AvgIpc) is 2.63. The molecule has 0 heterocycles. The molecule has 3 nitrogen and oxygen atoms in total. The SMILES string of the molecule is Cc1ccc(C(=O)Nc2ccc(Br)cc2C(=O)c2ccccc2Cl)cc1. The van der Waals surface area contributed by atoms with Gasteiger partial charge in [0.05, 0.1) is 10.7 Å². The number of ketones is 1. The van der Waals surface area contributed by atoms with E-state index in [-0.39, 0.29) is 11.7 Å². The summed E-state index contributed by atoms with van der Waals surface area (Å²) in [5.41, 5.74) is 2.78. The first kappa shape index (κ1) is 18.4. The van der Waals surface area contributed by atoms with Crippen LogP contribution in [0.2, 0.25) is 5.02 Å². The van der Waals surface area contributed by atoms with Crippen molar-refractivity contribution in [1.29, 1.82) is 0 Å². The Hall–Kier alpha value is -2.43. The van der Waals surface area contributed by atoms with Gasteiger partial charge in [0.1, 0.15) is 0 Å². The monoisotopic (exact) mass is 427 g/mol. The molecule has 0 spiro atoms. The van der Waals surface area contributed by atoms with Crippen molar-refractivity contribution in [2.75, 3.05) is 5.32 Å². The highest BCUT2D eigenvalue weighted by molar-refractivity contribution is 9.10. The van der Waals surface area contributed by atoms with Crippen molar-refractivity contribution in [2.45, 2.75) is 6.92 Å². The maximum absolute atomic E-state index is 12.9. The summed E-state index contributed by atoms with van der Waals surface area (Å²) in [5.74, 6) is -0.531. The van der Waals surface area contributed by atoms with E-state index in [1.807, 2.05) is 19.1 Å². The number of anilines is 1. The lowest BCUT2D eigenvalue weighted by atomic mass is 10.0. The molecule has 3 aromatic carbocycles. The lowest BCUT2D eigenvalue weighted by molar-refractivity contribution is 0.102. The molecule has 0 aliphatic heterocycles. The van der Waals surface area contributed by atoms with Crippen LogP contribution in [0, 0.1) is 6.92 Å². The van der Waals surface area contributed by atoms with Gasteiger partial charge in [0.15, 0.2) is 5.78 Å². The second-order valence-corrected chi connectivity index (χ2v) is 7.14. The van der Waals surface area contributed by atoms with Crippen molar-refractivity contribution in [1.82, 2.24) is 0 Å². The fraction of sp³-hybridized carbons (Fsp3) is 0.0476. The van der Waals surface area contributed by atoms with Gasteiger partial charge in [0.25, 0.3) is 5.91 Å². The predicted molar refractivity (Wildman–Crippen MR) is 108 cm³/mol. The first-order valence-corrected chi connectivity index (χ1v) is 9.09. The Labute approximate surface area is 165 Å². The van der Waals surface area contributed by atoms with Crippen molar-refractivity contribution < 1.29 is 9.59 Å². The normalized spacial score (nSPS) is 10.4. The first-order valence-electron chi connectivity index (χ1n) is 7.92. The summed E-state index contributed by atoms with van der Waals surface area (Å²) >= 11 is 9.53. The van der Waals surface area contributed by atoms with Gasteiger partial charge in [-0.05, 0) is 49.4 Å². The Kier molecular flexibility index (Phi) is 5.55. The average molecular weight is 429 g/mol. The summed E-state index contributed by atoms with van der Waals surface area (Å²) in [6, 6.07) is 19.2. The number of benzene rings is 3. The number of amides is 1. The van der Waals surface area contributed by atoms with Gasteiger partial charge in [-0.1, -0.05) is 57.4 Å². The quantitative estimate of drug-likeness (QED) is 0.526. The Morgan fingerprint density at radius 1 is 0.923 bits per heavy atom. The molecule has 0 bridgehead atoms. The van der Waals surface area contributed by atoms with Gasteiger partial charge in [-0.2, -0.15) is 0 Å². The van der Waals surface area contributed by atoms with E-state index >= 15 is 0 Å². The zero-order chi connectivity index (χ0) is 18.7. The van der Waals surface area contributed by atoms with Crippen molar-refractivity contribution in [3.8, 4) is 0 Å². The highest BCUT2D eigenvalue weighted by atomic mass is 79.9. The number of nitrogens with one attached hydrogen (secondary N) is 1. The molecule has 0 saturated heterocycles. The highest BCUT2D eigenvalue weighted by Crippen LogP contribution is 2.27. The van der Waals surface area contributed by atoms with Gasteiger partial charge < -0.3 is 5.32 Å². The van der Waals surface area contributed by atoms with Crippen molar-refractivity contribution in [3.05, 3.63) is 98.5 Å². The number of carbonyl (C=O) groups excluding carboxylic acids is 2. The zero-order valence-corrected chi connectivity index (χ0v) is 16.3. The molecule has 130 valence electrons.